The van der Waals surface area contributed by atoms with E-state index in [1.165, 1.54) is 0 Å². The summed E-state index contributed by atoms with van der Waals surface area (Å²) >= 11 is 0. The van der Waals surface area contributed by atoms with Crippen molar-refractivity contribution in [3.8, 4) is 69.0 Å². The van der Waals surface area contributed by atoms with Gasteiger partial charge >= 0.3 is 21.7 Å². The average Bonchev–Trinajstić information content (AvgIpc) is 3.38. The van der Waals surface area contributed by atoms with Gasteiger partial charge in [0.15, 0.2) is 34.5 Å². The van der Waals surface area contributed by atoms with Crippen molar-refractivity contribution in [3.05, 3.63) is 38.9 Å². The minimum absolute atomic E-state index is 0. The SMILES string of the molecule is COc1c(C)c([Si](c2c(C)c(OC)c(OC)c(OC)c2OC)(c2c(C)c(OC)c(OC)c(OC)c2OC)[c-]2c(C)c(C)c(C)c2C)c(OC)c(OC)c1OC.[Cl-].[Cl-].[Cl-].[Ti+4]. The molecule has 0 unspecified atom stereocenters. The molecule has 59 heavy (non-hydrogen) atoms. The maximum atomic E-state index is 6.54. The van der Waals surface area contributed by atoms with Crippen LogP contribution in [0.5, 0.6) is 69.0 Å². The third kappa shape index (κ3) is 8.03. The molecule has 0 fully saturated rings. The Bertz CT molecular complexity index is 1890. The van der Waals surface area contributed by atoms with Crippen LogP contribution in [0.1, 0.15) is 38.9 Å². The number of halogens is 3. The van der Waals surface area contributed by atoms with Crippen LogP contribution in [-0.2, 0) is 21.7 Å². The van der Waals surface area contributed by atoms with E-state index in [1.54, 1.807) is 85.3 Å². The Kier molecular flexibility index (Phi) is 21.0. The van der Waals surface area contributed by atoms with Gasteiger partial charge in [0, 0.05) is 0 Å². The zero-order valence-electron chi connectivity index (χ0n) is 37.5. The maximum Gasteiger partial charge on any atom is 4.00 e. The van der Waals surface area contributed by atoms with Crippen molar-refractivity contribution in [2.24, 2.45) is 0 Å². The Morgan fingerprint density at radius 1 is 0.271 bits per heavy atom. The Morgan fingerprint density at radius 2 is 0.441 bits per heavy atom. The Hall–Kier alpha value is -3.59. The molecule has 4 aromatic rings. The van der Waals surface area contributed by atoms with Crippen molar-refractivity contribution in [2.75, 3.05) is 85.3 Å². The Balaban J connectivity index is 0.00000841. The summed E-state index contributed by atoms with van der Waals surface area (Å²) in [6, 6.07) is 0. The molecule has 0 heterocycles. The van der Waals surface area contributed by atoms with Gasteiger partial charge in [0.2, 0.25) is 34.5 Å². The third-order valence-corrected chi connectivity index (χ3v) is 16.6. The minimum Gasteiger partial charge on any atom is -1.00 e. The summed E-state index contributed by atoms with van der Waals surface area (Å²) in [5.41, 5.74) is 6.55. The van der Waals surface area contributed by atoms with Gasteiger partial charge in [0.1, 0.15) is 8.07 Å². The number of hydrogen-bond acceptors (Lipinski definition) is 12. The van der Waals surface area contributed by atoms with Gasteiger partial charge in [-0.3, -0.25) is 0 Å². The molecule has 0 saturated heterocycles. The van der Waals surface area contributed by atoms with Crippen molar-refractivity contribution in [3.63, 3.8) is 0 Å². The predicted octanol–water partition coefficient (Wildman–Crippen LogP) is -3.95. The number of methoxy groups -OCH3 is 12. The Morgan fingerprint density at radius 3 is 0.610 bits per heavy atom. The van der Waals surface area contributed by atoms with E-state index in [0.717, 1.165) is 59.7 Å². The minimum atomic E-state index is -4.14. The van der Waals surface area contributed by atoms with Crippen LogP contribution in [-0.4, -0.2) is 93.4 Å². The van der Waals surface area contributed by atoms with Gasteiger partial charge in [-0.2, -0.15) is 22.3 Å². The van der Waals surface area contributed by atoms with E-state index in [4.69, 9.17) is 56.8 Å². The number of benzene rings is 3. The summed E-state index contributed by atoms with van der Waals surface area (Å²) in [7, 11) is 15.0. The molecule has 0 N–H and O–H groups in total. The van der Waals surface area contributed by atoms with Gasteiger partial charge in [-0.05, 0) is 53.0 Å². The van der Waals surface area contributed by atoms with Gasteiger partial charge in [-0.25, -0.2) is 0 Å². The van der Waals surface area contributed by atoms with Gasteiger partial charge in [0.05, 0.1) is 85.3 Å². The molecule has 12 nitrogen and oxygen atoms in total. The standard InChI is InChI=1S/C42H57O12Si.3ClH.Ti/c1-20-21(2)23(4)39(22(20)3)55(40-24(5)27(43-8)30(46-11)33(49-14)36(40)52-17,41-25(6)28(44-9)31(47-12)34(50-15)37(41)53-18)42-26(7)29(45-10)32(48-13)35(51-16)38(42)54-19;;;;/h1-19H3;3*1H;/q-1;;;;+4/p-3. The molecule has 0 aliphatic rings. The van der Waals surface area contributed by atoms with Crippen molar-refractivity contribution in [1.82, 2.24) is 0 Å². The fraction of sp³-hybridized carbons (Fsp3) is 0.452. The van der Waals surface area contributed by atoms with Gasteiger partial charge < -0.3 is 94.1 Å². The van der Waals surface area contributed by atoms with Crippen LogP contribution in [0.3, 0.4) is 0 Å². The summed E-state index contributed by atoms with van der Waals surface area (Å²) < 4.78 is 74.9. The molecule has 326 valence electrons. The first-order valence-electron chi connectivity index (χ1n) is 17.6. The maximum absolute atomic E-state index is 6.54. The van der Waals surface area contributed by atoms with Crippen LogP contribution in [0.4, 0.5) is 0 Å². The van der Waals surface area contributed by atoms with E-state index < -0.39 is 8.07 Å². The molecular formula is C42H57Cl3O12SiTi. The Labute approximate surface area is 384 Å². The van der Waals surface area contributed by atoms with Crippen LogP contribution in [0.15, 0.2) is 0 Å². The topological polar surface area (TPSA) is 111 Å². The van der Waals surface area contributed by atoms with E-state index in [1.807, 2.05) is 20.8 Å². The average molecular weight is 936 g/mol. The number of ether oxygens (including phenoxy) is 12. The van der Waals surface area contributed by atoms with Gasteiger partial charge in [0.25, 0.3) is 0 Å². The molecule has 0 bridgehead atoms. The molecule has 0 aromatic heterocycles. The zero-order valence-corrected chi connectivity index (χ0v) is 42.4. The van der Waals surface area contributed by atoms with Crippen molar-refractivity contribution < 1.29 is 116 Å². The molecule has 0 saturated carbocycles. The molecular weight excluding hydrogens is 879 g/mol. The molecule has 0 radical (unpaired) electrons. The summed E-state index contributed by atoms with van der Waals surface area (Å²) in [6.45, 7) is 14.5. The van der Waals surface area contributed by atoms with Crippen LogP contribution in [0, 0.1) is 48.5 Å². The quantitative estimate of drug-likeness (QED) is 0.0623. The van der Waals surface area contributed by atoms with Crippen LogP contribution in [0.2, 0.25) is 0 Å². The third-order valence-electron chi connectivity index (χ3n) is 11.1. The van der Waals surface area contributed by atoms with E-state index in [0.29, 0.717) is 69.0 Å². The van der Waals surface area contributed by atoms with E-state index in [9.17, 15) is 0 Å². The molecule has 4 aromatic carbocycles. The normalized spacial score (nSPS) is 10.4. The van der Waals surface area contributed by atoms with Gasteiger partial charge in [-0.1, -0.05) is 27.7 Å². The summed E-state index contributed by atoms with van der Waals surface area (Å²) in [5.74, 6) is 4.75. The summed E-state index contributed by atoms with van der Waals surface area (Å²) in [5, 5.41) is 3.30. The van der Waals surface area contributed by atoms with Crippen LogP contribution >= 0.6 is 0 Å². The van der Waals surface area contributed by atoms with Crippen LogP contribution in [0.25, 0.3) is 0 Å². The predicted molar refractivity (Wildman–Crippen MR) is 217 cm³/mol. The number of hydrogen-bond donors (Lipinski definition) is 0. The summed E-state index contributed by atoms with van der Waals surface area (Å²) in [6.07, 6.45) is 0. The van der Waals surface area contributed by atoms with E-state index in [-0.39, 0.29) is 58.9 Å². The van der Waals surface area contributed by atoms with Crippen molar-refractivity contribution >= 4 is 28.8 Å². The van der Waals surface area contributed by atoms with E-state index >= 15 is 0 Å². The first-order chi connectivity index (χ1) is 26.2. The molecule has 0 spiro atoms. The zero-order chi connectivity index (χ0) is 41.3. The molecule has 4 rings (SSSR count). The van der Waals surface area contributed by atoms with Crippen molar-refractivity contribution in [1.29, 1.82) is 0 Å². The van der Waals surface area contributed by atoms with Gasteiger partial charge in [-0.15, -0.1) is 5.19 Å². The van der Waals surface area contributed by atoms with E-state index in [2.05, 4.69) is 27.7 Å². The second kappa shape index (κ2) is 22.3. The second-order valence-electron chi connectivity index (χ2n) is 13.0. The molecule has 0 aliphatic carbocycles. The largest absolute Gasteiger partial charge is 4.00 e. The second-order valence-corrected chi connectivity index (χ2v) is 16.5. The molecule has 0 aliphatic heterocycles. The molecule has 0 atom stereocenters. The molecule has 0 amide bonds. The van der Waals surface area contributed by atoms with Crippen LogP contribution < -0.4 is 115 Å². The fourth-order valence-corrected chi connectivity index (χ4v) is 15.3. The first kappa shape index (κ1) is 55.4. The van der Waals surface area contributed by atoms with Crippen molar-refractivity contribution in [2.45, 2.75) is 48.5 Å². The monoisotopic (exact) mass is 934 g/mol. The fourth-order valence-electron chi connectivity index (χ4n) is 8.64. The summed E-state index contributed by atoms with van der Waals surface area (Å²) in [4.78, 5) is 0. The first-order valence-corrected chi connectivity index (χ1v) is 19.6. The molecule has 17 heteroatoms. The number of rotatable bonds is 16. The smallest absolute Gasteiger partial charge is 1.00 e.